The highest BCUT2D eigenvalue weighted by molar-refractivity contribution is 5.79. The van der Waals surface area contributed by atoms with Gasteiger partial charge in [-0.1, -0.05) is 12.1 Å². The van der Waals surface area contributed by atoms with Gasteiger partial charge in [0.25, 0.3) is 0 Å². The molecule has 18 heavy (non-hydrogen) atoms. The number of hydrogen-bond acceptors (Lipinski definition) is 2. The van der Waals surface area contributed by atoms with Gasteiger partial charge in [-0.3, -0.25) is 4.79 Å². The zero-order chi connectivity index (χ0) is 13.0. The Morgan fingerprint density at radius 1 is 1.33 bits per heavy atom. The Labute approximate surface area is 106 Å². The van der Waals surface area contributed by atoms with Crippen molar-refractivity contribution in [3.05, 3.63) is 35.6 Å². The first-order chi connectivity index (χ1) is 8.62. The van der Waals surface area contributed by atoms with E-state index < -0.39 is 11.5 Å². The first kappa shape index (κ1) is 13.0. The van der Waals surface area contributed by atoms with Crippen molar-refractivity contribution in [1.29, 1.82) is 0 Å². The largest absolute Gasteiger partial charge is 0.480 e. The normalized spacial score (nSPS) is 23.8. The molecular formula is C14H18FNO2. The average Bonchev–Trinajstić information content (AvgIpc) is 2.39. The Hall–Kier alpha value is -1.42. The van der Waals surface area contributed by atoms with Gasteiger partial charge in [0, 0.05) is 0 Å². The smallest absolute Gasteiger partial charge is 0.323 e. The molecule has 3 nitrogen and oxygen atoms in total. The summed E-state index contributed by atoms with van der Waals surface area (Å²) in [6.07, 6.45) is 3.85. The van der Waals surface area contributed by atoms with Crippen LogP contribution in [-0.2, 0) is 11.2 Å². The fourth-order valence-corrected chi connectivity index (χ4v) is 2.48. The molecule has 1 atom stereocenters. The van der Waals surface area contributed by atoms with E-state index in [1.165, 1.54) is 12.1 Å². The molecule has 1 heterocycles. The average molecular weight is 251 g/mol. The number of benzene rings is 1. The second kappa shape index (κ2) is 5.48. The Kier molecular flexibility index (Phi) is 3.97. The fourth-order valence-electron chi connectivity index (χ4n) is 2.48. The highest BCUT2D eigenvalue weighted by atomic mass is 19.1. The van der Waals surface area contributed by atoms with Crippen molar-refractivity contribution in [1.82, 2.24) is 5.32 Å². The van der Waals surface area contributed by atoms with Crippen LogP contribution in [0.4, 0.5) is 4.39 Å². The molecule has 2 N–H and O–H groups in total. The molecule has 1 fully saturated rings. The maximum absolute atomic E-state index is 12.8. The van der Waals surface area contributed by atoms with Crippen molar-refractivity contribution in [2.45, 2.75) is 37.6 Å². The zero-order valence-corrected chi connectivity index (χ0v) is 10.3. The lowest BCUT2D eigenvalue weighted by Crippen LogP contribution is -2.54. The Morgan fingerprint density at radius 3 is 2.61 bits per heavy atom. The van der Waals surface area contributed by atoms with E-state index in [-0.39, 0.29) is 5.82 Å². The molecule has 1 aromatic carbocycles. The summed E-state index contributed by atoms with van der Waals surface area (Å²) in [5, 5.41) is 12.5. The molecule has 0 radical (unpaired) electrons. The summed E-state index contributed by atoms with van der Waals surface area (Å²) in [4.78, 5) is 11.4. The molecule has 1 aliphatic heterocycles. The van der Waals surface area contributed by atoms with Crippen LogP contribution in [0.3, 0.4) is 0 Å². The molecule has 1 saturated heterocycles. The van der Waals surface area contributed by atoms with Crippen molar-refractivity contribution in [2.24, 2.45) is 0 Å². The van der Waals surface area contributed by atoms with Gasteiger partial charge in [0.1, 0.15) is 11.4 Å². The van der Waals surface area contributed by atoms with Crippen molar-refractivity contribution in [3.8, 4) is 0 Å². The number of piperidine rings is 1. The van der Waals surface area contributed by atoms with Gasteiger partial charge in [0.2, 0.25) is 0 Å². The lowest BCUT2D eigenvalue weighted by Gasteiger charge is -2.34. The van der Waals surface area contributed by atoms with Gasteiger partial charge in [-0.25, -0.2) is 4.39 Å². The Bertz CT molecular complexity index is 410. The number of aryl methyl sites for hydroxylation is 1. The van der Waals surface area contributed by atoms with Gasteiger partial charge in [-0.2, -0.15) is 0 Å². The van der Waals surface area contributed by atoms with E-state index in [0.29, 0.717) is 19.3 Å². The topological polar surface area (TPSA) is 49.3 Å². The molecule has 0 aromatic heterocycles. The van der Waals surface area contributed by atoms with Crippen LogP contribution in [0.1, 0.15) is 31.2 Å². The van der Waals surface area contributed by atoms with Gasteiger partial charge in [-0.15, -0.1) is 0 Å². The molecule has 0 amide bonds. The molecule has 4 heteroatoms. The van der Waals surface area contributed by atoms with Gasteiger partial charge in [0.15, 0.2) is 0 Å². The van der Waals surface area contributed by atoms with Crippen LogP contribution >= 0.6 is 0 Å². The first-order valence-electron chi connectivity index (χ1n) is 6.35. The highest BCUT2D eigenvalue weighted by Crippen LogP contribution is 2.25. The summed E-state index contributed by atoms with van der Waals surface area (Å²) in [6, 6.07) is 6.26. The van der Waals surface area contributed by atoms with Crippen LogP contribution in [0, 0.1) is 5.82 Å². The van der Waals surface area contributed by atoms with Gasteiger partial charge >= 0.3 is 5.97 Å². The van der Waals surface area contributed by atoms with E-state index in [2.05, 4.69) is 5.32 Å². The molecule has 0 bridgehead atoms. The number of nitrogens with one attached hydrogen (secondary N) is 1. The lowest BCUT2D eigenvalue weighted by atomic mass is 9.83. The van der Waals surface area contributed by atoms with Crippen LogP contribution in [0.25, 0.3) is 0 Å². The van der Waals surface area contributed by atoms with Gasteiger partial charge in [-0.05, 0) is 56.3 Å². The SMILES string of the molecule is O=C(O)C1(CCc2ccc(F)cc2)CCCCN1. The van der Waals surface area contributed by atoms with E-state index in [1.807, 2.05) is 0 Å². The number of halogens is 1. The molecule has 0 saturated carbocycles. The second-order valence-corrected chi connectivity index (χ2v) is 4.90. The number of hydrogen-bond donors (Lipinski definition) is 2. The summed E-state index contributed by atoms with van der Waals surface area (Å²) in [5.74, 6) is -1.04. The summed E-state index contributed by atoms with van der Waals surface area (Å²) in [6.45, 7) is 0.760. The molecule has 2 rings (SSSR count). The zero-order valence-electron chi connectivity index (χ0n) is 10.3. The van der Waals surface area contributed by atoms with Crippen molar-refractivity contribution < 1.29 is 14.3 Å². The third-order valence-corrected chi connectivity index (χ3v) is 3.66. The summed E-state index contributed by atoms with van der Waals surface area (Å²) >= 11 is 0. The summed E-state index contributed by atoms with van der Waals surface area (Å²) < 4.78 is 12.8. The maximum Gasteiger partial charge on any atom is 0.323 e. The van der Waals surface area contributed by atoms with E-state index in [4.69, 9.17) is 0 Å². The fraction of sp³-hybridized carbons (Fsp3) is 0.500. The number of carboxylic acid groups (broad SMARTS) is 1. The third kappa shape index (κ3) is 2.88. The van der Waals surface area contributed by atoms with Crippen LogP contribution in [0.15, 0.2) is 24.3 Å². The third-order valence-electron chi connectivity index (χ3n) is 3.66. The molecule has 98 valence electrons. The monoisotopic (exact) mass is 251 g/mol. The van der Waals surface area contributed by atoms with Crippen LogP contribution < -0.4 is 5.32 Å². The minimum atomic E-state index is -0.799. The first-order valence-corrected chi connectivity index (χ1v) is 6.35. The van der Waals surface area contributed by atoms with Crippen LogP contribution in [0.2, 0.25) is 0 Å². The van der Waals surface area contributed by atoms with Gasteiger partial charge < -0.3 is 10.4 Å². The minimum Gasteiger partial charge on any atom is -0.480 e. The predicted octanol–water partition coefficient (Wildman–Crippen LogP) is 2.36. The van der Waals surface area contributed by atoms with E-state index in [1.54, 1.807) is 12.1 Å². The van der Waals surface area contributed by atoms with Crippen molar-refractivity contribution in [3.63, 3.8) is 0 Å². The standard InChI is InChI=1S/C14H18FNO2/c15-12-5-3-11(4-6-12)7-9-14(13(17)18)8-1-2-10-16-14/h3-6,16H,1-2,7-10H2,(H,17,18). The molecular weight excluding hydrogens is 233 g/mol. The quantitative estimate of drug-likeness (QED) is 0.863. The highest BCUT2D eigenvalue weighted by Gasteiger charge is 2.38. The Morgan fingerprint density at radius 2 is 2.06 bits per heavy atom. The van der Waals surface area contributed by atoms with E-state index in [9.17, 15) is 14.3 Å². The summed E-state index contributed by atoms with van der Waals surface area (Å²) in [5.41, 5.74) is 0.177. The second-order valence-electron chi connectivity index (χ2n) is 4.90. The minimum absolute atomic E-state index is 0.262. The van der Waals surface area contributed by atoms with Crippen LogP contribution in [-0.4, -0.2) is 23.2 Å². The molecule has 1 unspecified atom stereocenters. The molecule has 1 aromatic rings. The van der Waals surface area contributed by atoms with E-state index >= 15 is 0 Å². The molecule has 0 aliphatic carbocycles. The Balaban J connectivity index is 2.01. The van der Waals surface area contributed by atoms with Crippen molar-refractivity contribution >= 4 is 5.97 Å². The maximum atomic E-state index is 12.8. The lowest BCUT2D eigenvalue weighted by molar-refractivity contribution is -0.146. The van der Waals surface area contributed by atoms with Crippen molar-refractivity contribution in [2.75, 3.05) is 6.54 Å². The number of carbonyl (C=O) groups is 1. The molecule has 0 spiro atoms. The number of aliphatic carboxylic acids is 1. The predicted molar refractivity (Wildman–Crippen MR) is 66.9 cm³/mol. The van der Waals surface area contributed by atoms with Crippen LogP contribution in [0.5, 0.6) is 0 Å². The summed E-state index contributed by atoms with van der Waals surface area (Å²) in [7, 11) is 0. The van der Waals surface area contributed by atoms with E-state index in [0.717, 1.165) is 24.9 Å². The number of rotatable bonds is 4. The molecule has 1 aliphatic rings. The number of carboxylic acids is 1. The van der Waals surface area contributed by atoms with Gasteiger partial charge in [0.05, 0.1) is 0 Å².